The van der Waals surface area contributed by atoms with E-state index in [9.17, 15) is 4.79 Å². The van der Waals surface area contributed by atoms with Crippen LogP contribution < -0.4 is 5.32 Å². The van der Waals surface area contributed by atoms with E-state index in [2.05, 4.69) is 12.2 Å². The number of nitrogens with zero attached hydrogens (tertiary/aromatic N) is 1. The monoisotopic (exact) mass is 184 g/mol. The van der Waals surface area contributed by atoms with Crippen molar-refractivity contribution in [1.29, 1.82) is 0 Å². The minimum absolute atomic E-state index is 0.329. The molecule has 0 aromatic rings. The fraction of sp³-hybridized carbons (Fsp3) is 0.900. The van der Waals surface area contributed by atoms with Crippen LogP contribution in [0.5, 0.6) is 0 Å². The van der Waals surface area contributed by atoms with E-state index in [0.29, 0.717) is 11.8 Å². The Kier molecular flexibility index (Phi) is 4.22. The van der Waals surface area contributed by atoms with Gasteiger partial charge in [-0.2, -0.15) is 0 Å². The second kappa shape index (κ2) is 5.22. The summed E-state index contributed by atoms with van der Waals surface area (Å²) in [5, 5.41) is 3.18. The van der Waals surface area contributed by atoms with Gasteiger partial charge < -0.3 is 10.2 Å². The molecule has 1 aliphatic rings. The van der Waals surface area contributed by atoms with Crippen LogP contribution in [0.1, 0.15) is 26.7 Å². The van der Waals surface area contributed by atoms with E-state index in [4.69, 9.17) is 0 Å². The zero-order valence-corrected chi connectivity index (χ0v) is 8.68. The van der Waals surface area contributed by atoms with E-state index in [1.807, 2.05) is 11.8 Å². The van der Waals surface area contributed by atoms with E-state index in [0.717, 1.165) is 39.0 Å². The number of amides is 1. The topological polar surface area (TPSA) is 32.3 Å². The molecule has 0 spiro atoms. The highest BCUT2D eigenvalue weighted by Crippen LogP contribution is 2.10. The van der Waals surface area contributed by atoms with Gasteiger partial charge in [0.2, 0.25) is 5.91 Å². The van der Waals surface area contributed by atoms with Crippen molar-refractivity contribution in [3.05, 3.63) is 0 Å². The average molecular weight is 184 g/mol. The van der Waals surface area contributed by atoms with Gasteiger partial charge in [-0.1, -0.05) is 6.92 Å². The van der Waals surface area contributed by atoms with E-state index >= 15 is 0 Å². The van der Waals surface area contributed by atoms with Gasteiger partial charge in [0.05, 0.1) is 0 Å². The van der Waals surface area contributed by atoms with Gasteiger partial charge in [-0.05, 0) is 32.4 Å². The summed E-state index contributed by atoms with van der Waals surface area (Å²) in [7, 11) is 0. The lowest BCUT2D eigenvalue weighted by atomic mass is 9.98. The van der Waals surface area contributed by atoms with Crippen molar-refractivity contribution in [3.8, 4) is 0 Å². The largest absolute Gasteiger partial charge is 0.343 e. The first-order chi connectivity index (χ1) is 6.27. The maximum Gasteiger partial charge on any atom is 0.222 e. The van der Waals surface area contributed by atoms with Gasteiger partial charge in [0.1, 0.15) is 0 Å². The molecule has 0 atom stereocenters. The Bertz CT molecular complexity index is 166. The maximum absolute atomic E-state index is 11.7. The van der Waals surface area contributed by atoms with Crippen molar-refractivity contribution in [2.24, 2.45) is 5.92 Å². The minimum Gasteiger partial charge on any atom is -0.343 e. The summed E-state index contributed by atoms with van der Waals surface area (Å²) < 4.78 is 0. The highest BCUT2D eigenvalue weighted by atomic mass is 16.2. The highest BCUT2D eigenvalue weighted by molar-refractivity contribution is 5.76. The van der Waals surface area contributed by atoms with E-state index < -0.39 is 0 Å². The summed E-state index contributed by atoms with van der Waals surface area (Å²) in [6.07, 6.45) is 1.79. The average Bonchev–Trinajstić information content (AvgIpc) is 2.07. The molecule has 0 bridgehead atoms. The molecule has 13 heavy (non-hydrogen) atoms. The molecule has 3 heteroatoms. The first kappa shape index (κ1) is 10.5. The molecule has 1 amide bonds. The van der Waals surface area contributed by atoms with Gasteiger partial charge in [0.15, 0.2) is 0 Å². The summed E-state index contributed by atoms with van der Waals surface area (Å²) in [5.41, 5.74) is 0. The van der Waals surface area contributed by atoms with Crippen LogP contribution in [0.4, 0.5) is 0 Å². The van der Waals surface area contributed by atoms with E-state index in [1.54, 1.807) is 0 Å². The highest BCUT2D eigenvalue weighted by Gasteiger charge is 2.22. The van der Waals surface area contributed by atoms with Crippen molar-refractivity contribution in [3.63, 3.8) is 0 Å². The third kappa shape index (κ3) is 2.99. The van der Waals surface area contributed by atoms with E-state index in [1.165, 1.54) is 0 Å². The Morgan fingerprint density at radius 2 is 2.15 bits per heavy atom. The molecule has 1 N–H and O–H groups in total. The van der Waals surface area contributed by atoms with Gasteiger partial charge in [-0.3, -0.25) is 4.79 Å². The summed E-state index contributed by atoms with van der Waals surface area (Å²) in [6.45, 7) is 7.97. The molecule has 1 rings (SSSR count). The standard InChI is InChI=1S/C10H20N2O/c1-3-5-12(4-2)10(13)6-9-7-11-8-9/h9,11H,3-8H2,1-2H3. The van der Waals surface area contributed by atoms with Crippen LogP contribution >= 0.6 is 0 Å². The molecule has 0 unspecified atom stereocenters. The Labute approximate surface area is 80.5 Å². The summed E-state index contributed by atoms with van der Waals surface area (Å²) in [6, 6.07) is 0. The number of carbonyl (C=O) groups is 1. The van der Waals surface area contributed by atoms with Gasteiger partial charge in [-0.15, -0.1) is 0 Å². The number of hydrogen-bond donors (Lipinski definition) is 1. The van der Waals surface area contributed by atoms with Gasteiger partial charge in [0, 0.05) is 19.5 Å². The molecule has 1 aliphatic heterocycles. The van der Waals surface area contributed by atoms with Crippen molar-refractivity contribution in [1.82, 2.24) is 10.2 Å². The second-order valence-electron chi connectivity index (χ2n) is 3.70. The third-order valence-corrected chi connectivity index (χ3v) is 2.56. The number of carbonyl (C=O) groups excluding carboxylic acids is 1. The van der Waals surface area contributed by atoms with Crippen LogP contribution in [0.25, 0.3) is 0 Å². The molecule has 0 radical (unpaired) electrons. The first-order valence-corrected chi connectivity index (χ1v) is 5.26. The lowest BCUT2D eigenvalue weighted by Gasteiger charge is -2.29. The lowest BCUT2D eigenvalue weighted by Crippen LogP contribution is -2.45. The molecule has 0 aromatic carbocycles. The van der Waals surface area contributed by atoms with Crippen molar-refractivity contribution >= 4 is 5.91 Å². The molecule has 0 aromatic heterocycles. The molecular formula is C10H20N2O. The van der Waals surface area contributed by atoms with Crippen LogP contribution in [-0.2, 0) is 4.79 Å². The zero-order chi connectivity index (χ0) is 9.68. The molecule has 0 aliphatic carbocycles. The minimum atomic E-state index is 0.329. The van der Waals surface area contributed by atoms with Crippen molar-refractivity contribution < 1.29 is 4.79 Å². The quantitative estimate of drug-likeness (QED) is 0.687. The number of hydrogen-bond acceptors (Lipinski definition) is 2. The Hall–Kier alpha value is -0.570. The van der Waals surface area contributed by atoms with Gasteiger partial charge in [-0.25, -0.2) is 0 Å². The predicted octanol–water partition coefficient (Wildman–Crippen LogP) is 0.854. The van der Waals surface area contributed by atoms with Crippen LogP contribution in [0.3, 0.4) is 0 Å². The lowest BCUT2D eigenvalue weighted by molar-refractivity contribution is -0.132. The molecule has 1 heterocycles. The second-order valence-corrected chi connectivity index (χ2v) is 3.70. The van der Waals surface area contributed by atoms with Crippen LogP contribution in [0.15, 0.2) is 0 Å². The van der Waals surface area contributed by atoms with Crippen LogP contribution in [0.2, 0.25) is 0 Å². The fourth-order valence-electron chi connectivity index (χ4n) is 1.60. The first-order valence-electron chi connectivity index (χ1n) is 5.26. The van der Waals surface area contributed by atoms with E-state index in [-0.39, 0.29) is 0 Å². The summed E-state index contributed by atoms with van der Waals surface area (Å²) in [5.74, 6) is 0.925. The summed E-state index contributed by atoms with van der Waals surface area (Å²) >= 11 is 0. The third-order valence-electron chi connectivity index (χ3n) is 2.56. The normalized spacial score (nSPS) is 16.8. The molecule has 3 nitrogen and oxygen atoms in total. The van der Waals surface area contributed by atoms with Crippen molar-refractivity contribution in [2.45, 2.75) is 26.7 Å². The molecule has 1 fully saturated rings. The Morgan fingerprint density at radius 3 is 2.54 bits per heavy atom. The van der Waals surface area contributed by atoms with Crippen LogP contribution in [-0.4, -0.2) is 37.0 Å². The molecular weight excluding hydrogens is 164 g/mol. The zero-order valence-electron chi connectivity index (χ0n) is 8.68. The van der Waals surface area contributed by atoms with Crippen molar-refractivity contribution in [2.75, 3.05) is 26.2 Å². The smallest absolute Gasteiger partial charge is 0.222 e. The number of nitrogens with one attached hydrogen (secondary N) is 1. The maximum atomic E-state index is 11.7. The van der Waals surface area contributed by atoms with Gasteiger partial charge >= 0.3 is 0 Å². The molecule has 1 saturated heterocycles. The Morgan fingerprint density at radius 1 is 1.46 bits per heavy atom. The SMILES string of the molecule is CCCN(CC)C(=O)CC1CNC1. The van der Waals surface area contributed by atoms with Crippen LogP contribution in [0, 0.1) is 5.92 Å². The molecule has 76 valence electrons. The fourth-order valence-corrected chi connectivity index (χ4v) is 1.60. The Balaban J connectivity index is 2.25. The van der Waals surface area contributed by atoms with Gasteiger partial charge in [0.25, 0.3) is 0 Å². The molecule has 0 saturated carbocycles. The summed E-state index contributed by atoms with van der Waals surface area (Å²) in [4.78, 5) is 13.6. The number of rotatable bonds is 5. The predicted molar refractivity (Wildman–Crippen MR) is 53.5 cm³/mol.